The van der Waals surface area contributed by atoms with E-state index in [1.165, 1.54) is 11.3 Å². The van der Waals surface area contributed by atoms with Crippen molar-refractivity contribution in [2.24, 2.45) is 0 Å². The Morgan fingerprint density at radius 3 is 2.20 bits per heavy atom. The molecule has 15 heavy (non-hydrogen) atoms. The second kappa shape index (κ2) is 6.46. The summed E-state index contributed by atoms with van der Waals surface area (Å²) in [6.45, 7) is 4.61. The van der Waals surface area contributed by atoms with E-state index in [2.05, 4.69) is 43.4 Å². The van der Waals surface area contributed by atoms with Gasteiger partial charge >= 0.3 is 0 Å². The Bertz CT molecular complexity index is 264. The van der Waals surface area contributed by atoms with Gasteiger partial charge in [0, 0.05) is 18.3 Å². The minimum atomic E-state index is 0.222. The molecule has 0 radical (unpaired) electrons. The van der Waals surface area contributed by atoms with Crippen molar-refractivity contribution in [3.8, 4) is 0 Å². The first-order valence-electron chi connectivity index (χ1n) is 5.76. The molecule has 0 saturated heterocycles. The lowest BCUT2D eigenvalue weighted by atomic mass is 10.1. The highest BCUT2D eigenvalue weighted by atomic mass is 16.2. The first-order valence-corrected chi connectivity index (χ1v) is 5.76. The molecule has 0 unspecified atom stereocenters. The van der Waals surface area contributed by atoms with Gasteiger partial charge in [0.25, 0.3) is 0 Å². The molecule has 2 heteroatoms. The molecule has 0 aliphatic heterocycles. The van der Waals surface area contributed by atoms with Gasteiger partial charge in [-0.25, -0.2) is 0 Å². The Morgan fingerprint density at radius 2 is 1.73 bits per heavy atom. The molecular formula is C13H21NO. The highest BCUT2D eigenvalue weighted by Crippen LogP contribution is 2.13. The van der Waals surface area contributed by atoms with Crippen molar-refractivity contribution in [2.45, 2.75) is 39.2 Å². The van der Waals surface area contributed by atoms with Gasteiger partial charge in [-0.05, 0) is 37.0 Å². The van der Waals surface area contributed by atoms with Crippen LogP contribution in [0.25, 0.3) is 0 Å². The maximum atomic E-state index is 8.79. The van der Waals surface area contributed by atoms with Crippen LogP contribution in [0.4, 0.5) is 5.69 Å². The van der Waals surface area contributed by atoms with E-state index in [0.717, 1.165) is 19.3 Å². The molecule has 0 heterocycles. The second-order valence-corrected chi connectivity index (χ2v) is 3.83. The van der Waals surface area contributed by atoms with Crippen molar-refractivity contribution in [1.82, 2.24) is 0 Å². The van der Waals surface area contributed by atoms with Gasteiger partial charge in [0.1, 0.15) is 0 Å². The molecule has 0 aliphatic rings. The van der Waals surface area contributed by atoms with Gasteiger partial charge in [-0.1, -0.05) is 26.0 Å². The van der Waals surface area contributed by atoms with E-state index in [9.17, 15) is 0 Å². The van der Waals surface area contributed by atoms with Gasteiger partial charge in [0.15, 0.2) is 0 Å². The van der Waals surface area contributed by atoms with E-state index >= 15 is 0 Å². The average molecular weight is 207 g/mol. The number of hydrogen-bond donors (Lipinski definition) is 2. The third-order valence-electron chi connectivity index (χ3n) is 2.71. The zero-order valence-corrected chi connectivity index (χ0v) is 9.66. The molecule has 1 rings (SSSR count). The summed E-state index contributed by atoms with van der Waals surface area (Å²) in [4.78, 5) is 0. The highest BCUT2D eigenvalue weighted by Gasteiger charge is 2.02. The van der Waals surface area contributed by atoms with Gasteiger partial charge < -0.3 is 10.4 Å². The van der Waals surface area contributed by atoms with E-state index in [-0.39, 0.29) is 6.61 Å². The summed E-state index contributed by atoms with van der Waals surface area (Å²) < 4.78 is 0. The molecule has 1 aromatic carbocycles. The molecule has 0 fully saturated rings. The lowest BCUT2D eigenvalue weighted by Gasteiger charge is -2.16. The van der Waals surface area contributed by atoms with Gasteiger partial charge in [0.2, 0.25) is 0 Å². The van der Waals surface area contributed by atoms with Crippen LogP contribution >= 0.6 is 0 Å². The van der Waals surface area contributed by atoms with Crippen molar-refractivity contribution in [3.05, 3.63) is 29.8 Å². The van der Waals surface area contributed by atoms with Gasteiger partial charge in [-0.3, -0.25) is 0 Å². The summed E-state index contributed by atoms with van der Waals surface area (Å²) in [5.74, 6) is 0. The number of anilines is 1. The van der Waals surface area contributed by atoms with Gasteiger partial charge in [-0.15, -0.1) is 0 Å². The van der Waals surface area contributed by atoms with Crippen LogP contribution in [0.3, 0.4) is 0 Å². The summed E-state index contributed by atoms with van der Waals surface area (Å²) in [5, 5.41) is 12.3. The van der Waals surface area contributed by atoms with E-state index in [4.69, 9.17) is 5.11 Å². The Hall–Kier alpha value is -1.02. The van der Waals surface area contributed by atoms with Gasteiger partial charge in [-0.2, -0.15) is 0 Å². The Kier molecular flexibility index (Phi) is 5.19. The third-order valence-corrected chi connectivity index (χ3v) is 2.71. The Morgan fingerprint density at radius 1 is 1.13 bits per heavy atom. The third kappa shape index (κ3) is 3.92. The smallest absolute Gasteiger partial charge is 0.0471 e. The standard InChI is InChI=1S/C13H21NO/c1-3-12(4-2)14-13-7-5-11(6-8-13)9-10-15/h5-8,12,14-15H,3-4,9-10H2,1-2H3. The molecule has 0 atom stereocenters. The normalized spacial score (nSPS) is 10.7. The predicted molar refractivity (Wildman–Crippen MR) is 65.2 cm³/mol. The predicted octanol–water partition coefficient (Wildman–Crippen LogP) is 2.82. The van der Waals surface area contributed by atoms with Crippen LogP contribution in [0.2, 0.25) is 0 Å². The van der Waals surface area contributed by atoms with Crippen LogP contribution in [0.5, 0.6) is 0 Å². The van der Waals surface area contributed by atoms with Crippen LogP contribution in [-0.4, -0.2) is 17.8 Å². The number of nitrogens with one attached hydrogen (secondary N) is 1. The molecule has 0 amide bonds. The van der Waals surface area contributed by atoms with E-state index < -0.39 is 0 Å². The number of rotatable bonds is 6. The van der Waals surface area contributed by atoms with Crippen LogP contribution in [-0.2, 0) is 6.42 Å². The minimum Gasteiger partial charge on any atom is -0.396 e. The maximum absolute atomic E-state index is 8.79. The Labute approximate surface area is 92.3 Å². The van der Waals surface area contributed by atoms with Crippen LogP contribution in [0.1, 0.15) is 32.3 Å². The molecular weight excluding hydrogens is 186 g/mol. The fraction of sp³-hybridized carbons (Fsp3) is 0.538. The maximum Gasteiger partial charge on any atom is 0.0471 e. The van der Waals surface area contributed by atoms with E-state index in [0.29, 0.717) is 6.04 Å². The quantitative estimate of drug-likeness (QED) is 0.751. The zero-order chi connectivity index (χ0) is 11.1. The number of aliphatic hydroxyl groups is 1. The summed E-state index contributed by atoms with van der Waals surface area (Å²) in [6.07, 6.45) is 3.04. The molecule has 2 nitrogen and oxygen atoms in total. The Balaban J connectivity index is 2.55. The summed E-state index contributed by atoms with van der Waals surface area (Å²) in [6, 6.07) is 8.88. The van der Waals surface area contributed by atoms with Gasteiger partial charge in [0.05, 0.1) is 0 Å². The lowest BCUT2D eigenvalue weighted by molar-refractivity contribution is 0.299. The lowest BCUT2D eigenvalue weighted by Crippen LogP contribution is -2.16. The average Bonchev–Trinajstić information content (AvgIpc) is 2.28. The summed E-state index contributed by atoms with van der Waals surface area (Å²) in [7, 11) is 0. The topological polar surface area (TPSA) is 32.3 Å². The van der Waals surface area contributed by atoms with E-state index in [1.807, 2.05) is 0 Å². The number of aliphatic hydroxyl groups excluding tert-OH is 1. The molecule has 1 aromatic rings. The number of hydrogen-bond acceptors (Lipinski definition) is 2. The van der Waals surface area contributed by atoms with Crippen molar-refractivity contribution >= 4 is 5.69 Å². The van der Waals surface area contributed by atoms with Crippen LogP contribution in [0, 0.1) is 0 Å². The van der Waals surface area contributed by atoms with Crippen molar-refractivity contribution < 1.29 is 5.11 Å². The molecule has 84 valence electrons. The second-order valence-electron chi connectivity index (χ2n) is 3.83. The molecule has 0 aromatic heterocycles. The van der Waals surface area contributed by atoms with Crippen LogP contribution in [0.15, 0.2) is 24.3 Å². The molecule has 0 spiro atoms. The van der Waals surface area contributed by atoms with Crippen LogP contribution < -0.4 is 5.32 Å². The largest absolute Gasteiger partial charge is 0.396 e. The van der Waals surface area contributed by atoms with Crippen molar-refractivity contribution in [1.29, 1.82) is 0 Å². The zero-order valence-electron chi connectivity index (χ0n) is 9.66. The molecule has 0 bridgehead atoms. The highest BCUT2D eigenvalue weighted by molar-refractivity contribution is 5.45. The first-order chi connectivity index (χ1) is 7.30. The number of benzene rings is 1. The van der Waals surface area contributed by atoms with Crippen molar-refractivity contribution in [2.75, 3.05) is 11.9 Å². The molecule has 2 N–H and O–H groups in total. The monoisotopic (exact) mass is 207 g/mol. The molecule has 0 saturated carbocycles. The summed E-state index contributed by atoms with van der Waals surface area (Å²) >= 11 is 0. The fourth-order valence-electron chi connectivity index (χ4n) is 1.63. The fourth-order valence-corrected chi connectivity index (χ4v) is 1.63. The van der Waals surface area contributed by atoms with Crippen molar-refractivity contribution in [3.63, 3.8) is 0 Å². The summed E-state index contributed by atoms with van der Waals surface area (Å²) in [5.41, 5.74) is 2.36. The first kappa shape index (κ1) is 12.1. The molecule has 0 aliphatic carbocycles. The SMILES string of the molecule is CCC(CC)Nc1ccc(CCO)cc1. The minimum absolute atomic E-state index is 0.222. The van der Waals surface area contributed by atoms with E-state index in [1.54, 1.807) is 0 Å².